The number of aliphatic hydroxyl groups excluding tert-OH is 4. The van der Waals surface area contributed by atoms with E-state index in [1.807, 2.05) is 0 Å². The predicted molar refractivity (Wildman–Crippen MR) is 74.3 cm³/mol. The molecular formula is C13H23NO9. The standard InChI is InChI=1S/C13H23NO9/c1-5(2)3-6(11(19)20)14-13(21)23-12-10(18)9(17)8(16)7(4-15)22-12/h5-10,12,15-18H,3-4H2,1-2H3,(H,14,21)(H,19,20)/t6-,7+,8+,9-,10+,12?/m0/s1. The average Bonchev–Trinajstić information content (AvgIpc) is 2.46. The SMILES string of the molecule is CC(C)C[C@H](NC(=O)OC1O[C@H](CO)[C@@H](O)[C@H](O)[C@H]1O)C(=O)O. The molecule has 1 aliphatic heterocycles. The van der Waals surface area contributed by atoms with Gasteiger partial charge in [-0.25, -0.2) is 9.59 Å². The fourth-order valence-electron chi connectivity index (χ4n) is 2.14. The molecule has 10 nitrogen and oxygen atoms in total. The van der Waals surface area contributed by atoms with Crippen molar-refractivity contribution in [2.24, 2.45) is 5.92 Å². The van der Waals surface area contributed by atoms with Gasteiger partial charge in [0, 0.05) is 0 Å². The first-order valence-electron chi connectivity index (χ1n) is 7.17. The molecule has 1 saturated heterocycles. The Morgan fingerprint density at radius 3 is 2.26 bits per heavy atom. The number of carbonyl (C=O) groups is 2. The zero-order valence-electron chi connectivity index (χ0n) is 12.8. The quantitative estimate of drug-likeness (QED) is 0.322. The van der Waals surface area contributed by atoms with E-state index in [0.29, 0.717) is 0 Å². The lowest BCUT2D eigenvalue weighted by atomic mass is 9.99. The Labute approximate surface area is 132 Å². The van der Waals surface area contributed by atoms with Gasteiger partial charge >= 0.3 is 12.1 Å². The van der Waals surface area contributed by atoms with Crippen molar-refractivity contribution in [3.05, 3.63) is 0 Å². The molecule has 0 aromatic carbocycles. The molecule has 0 saturated carbocycles. The molecule has 6 N–H and O–H groups in total. The number of carboxylic acid groups (broad SMARTS) is 1. The maximum absolute atomic E-state index is 11.7. The van der Waals surface area contributed by atoms with Crippen LogP contribution in [0.5, 0.6) is 0 Å². The minimum absolute atomic E-state index is 0.00339. The molecule has 1 amide bonds. The van der Waals surface area contributed by atoms with Gasteiger partial charge in [-0.3, -0.25) is 0 Å². The van der Waals surface area contributed by atoms with E-state index in [4.69, 9.17) is 19.7 Å². The van der Waals surface area contributed by atoms with Crippen LogP contribution in [0.15, 0.2) is 0 Å². The van der Waals surface area contributed by atoms with Gasteiger partial charge < -0.3 is 40.3 Å². The Hall–Kier alpha value is -1.46. The number of alkyl carbamates (subject to hydrolysis) is 1. The third-order valence-electron chi connectivity index (χ3n) is 3.37. The van der Waals surface area contributed by atoms with Crippen LogP contribution in [0, 0.1) is 5.92 Å². The molecule has 1 aliphatic rings. The molecule has 10 heteroatoms. The smallest absolute Gasteiger partial charge is 0.410 e. The summed E-state index contributed by atoms with van der Waals surface area (Å²) in [6, 6.07) is -1.19. The van der Waals surface area contributed by atoms with Gasteiger partial charge in [0.1, 0.15) is 30.5 Å². The third kappa shape index (κ3) is 5.29. The van der Waals surface area contributed by atoms with E-state index < -0.39 is 55.4 Å². The molecule has 0 spiro atoms. The highest BCUT2D eigenvalue weighted by Gasteiger charge is 2.45. The van der Waals surface area contributed by atoms with Crippen LogP contribution in [0.2, 0.25) is 0 Å². The fourth-order valence-corrected chi connectivity index (χ4v) is 2.14. The summed E-state index contributed by atoms with van der Waals surface area (Å²) in [5.74, 6) is -1.24. The van der Waals surface area contributed by atoms with Crippen molar-refractivity contribution in [2.45, 2.75) is 57.0 Å². The Morgan fingerprint density at radius 1 is 1.17 bits per heavy atom. The lowest BCUT2D eigenvalue weighted by Crippen LogP contribution is -2.60. The Kier molecular flexibility index (Phi) is 7.16. The molecule has 6 atom stereocenters. The number of carbonyl (C=O) groups excluding carboxylic acids is 1. The minimum Gasteiger partial charge on any atom is -0.480 e. The van der Waals surface area contributed by atoms with Crippen LogP contribution in [-0.2, 0) is 14.3 Å². The van der Waals surface area contributed by atoms with Gasteiger partial charge in [0.15, 0.2) is 0 Å². The van der Waals surface area contributed by atoms with Crippen molar-refractivity contribution in [3.8, 4) is 0 Å². The van der Waals surface area contributed by atoms with Gasteiger partial charge in [-0.15, -0.1) is 0 Å². The van der Waals surface area contributed by atoms with Gasteiger partial charge in [-0.1, -0.05) is 13.8 Å². The summed E-state index contributed by atoms with van der Waals surface area (Å²) in [5, 5.41) is 49.1. The molecule has 23 heavy (non-hydrogen) atoms. The Morgan fingerprint density at radius 2 is 1.78 bits per heavy atom. The van der Waals surface area contributed by atoms with Crippen molar-refractivity contribution in [1.82, 2.24) is 5.32 Å². The van der Waals surface area contributed by atoms with Crippen LogP contribution in [0.3, 0.4) is 0 Å². The first kappa shape index (κ1) is 19.6. The topological polar surface area (TPSA) is 166 Å². The maximum atomic E-state index is 11.7. The summed E-state index contributed by atoms with van der Waals surface area (Å²) >= 11 is 0. The number of carboxylic acids is 1. The number of hydrogen-bond acceptors (Lipinski definition) is 8. The van der Waals surface area contributed by atoms with Crippen molar-refractivity contribution >= 4 is 12.1 Å². The second kappa shape index (κ2) is 8.41. The van der Waals surface area contributed by atoms with Crippen LogP contribution in [0.4, 0.5) is 4.79 Å². The monoisotopic (exact) mass is 337 g/mol. The number of aliphatic carboxylic acids is 1. The normalized spacial score (nSPS) is 32.4. The Balaban J connectivity index is 2.66. The zero-order valence-corrected chi connectivity index (χ0v) is 12.8. The van der Waals surface area contributed by atoms with Crippen molar-refractivity contribution in [2.75, 3.05) is 6.61 Å². The first-order valence-corrected chi connectivity index (χ1v) is 7.17. The molecular weight excluding hydrogens is 314 g/mol. The van der Waals surface area contributed by atoms with Crippen LogP contribution in [0.1, 0.15) is 20.3 Å². The second-order valence-electron chi connectivity index (χ2n) is 5.77. The number of aliphatic hydroxyl groups is 4. The number of ether oxygens (including phenoxy) is 2. The maximum Gasteiger partial charge on any atom is 0.410 e. The summed E-state index contributed by atoms with van der Waals surface area (Å²) in [4.78, 5) is 22.8. The summed E-state index contributed by atoms with van der Waals surface area (Å²) < 4.78 is 9.73. The van der Waals surface area contributed by atoms with E-state index in [2.05, 4.69) is 5.32 Å². The summed E-state index contributed by atoms with van der Waals surface area (Å²) in [5.41, 5.74) is 0. The van der Waals surface area contributed by atoms with Gasteiger partial charge in [-0.05, 0) is 12.3 Å². The largest absolute Gasteiger partial charge is 0.480 e. The van der Waals surface area contributed by atoms with Crippen LogP contribution >= 0.6 is 0 Å². The van der Waals surface area contributed by atoms with Gasteiger partial charge in [0.2, 0.25) is 6.29 Å². The molecule has 1 unspecified atom stereocenters. The van der Waals surface area contributed by atoms with E-state index in [9.17, 15) is 24.9 Å². The lowest BCUT2D eigenvalue weighted by Gasteiger charge is -2.39. The summed E-state index contributed by atoms with van der Waals surface area (Å²) in [7, 11) is 0. The van der Waals surface area contributed by atoms with E-state index in [-0.39, 0.29) is 12.3 Å². The number of amides is 1. The van der Waals surface area contributed by atoms with Crippen LogP contribution < -0.4 is 5.32 Å². The molecule has 0 bridgehead atoms. The predicted octanol–water partition coefficient (Wildman–Crippen LogP) is -1.99. The van der Waals surface area contributed by atoms with E-state index in [0.717, 1.165) is 0 Å². The highest BCUT2D eigenvalue weighted by Crippen LogP contribution is 2.22. The van der Waals surface area contributed by atoms with Crippen molar-refractivity contribution in [3.63, 3.8) is 0 Å². The molecule has 1 heterocycles. The van der Waals surface area contributed by atoms with Crippen molar-refractivity contribution < 1.29 is 44.6 Å². The Bertz CT molecular complexity index is 414. The summed E-state index contributed by atoms with van der Waals surface area (Å²) in [6.45, 7) is 2.89. The van der Waals surface area contributed by atoms with Crippen LogP contribution in [0.25, 0.3) is 0 Å². The average molecular weight is 337 g/mol. The number of rotatable bonds is 6. The molecule has 1 rings (SSSR count). The lowest BCUT2D eigenvalue weighted by molar-refractivity contribution is -0.285. The third-order valence-corrected chi connectivity index (χ3v) is 3.37. The van der Waals surface area contributed by atoms with Gasteiger partial charge in [-0.2, -0.15) is 0 Å². The van der Waals surface area contributed by atoms with Crippen LogP contribution in [-0.4, -0.2) is 80.9 Å². The van der Waals surface area contributed by atoms with E-state index >= 15 is 0 Å². The number of nitrogens with one attached hydrogen (secondary N) is 1. The van der Waals surface area contributed by atoms with E-state index in [1.165, 1.54) is 0 Å². The fraction of sp³-hybridized carbons (Fsp3) is 0.846. The van der Waals surface area contributed by atoms with Gasteiger partial charge in [0.05, 0.1) is 6.61 Å². The van der Waals surface area contributed by atoms with Gasteiger partial charge in [0.25, 0.3) is 0 Å². The molecule has 1 fully saturated rings. The number of hydrogen-bond donors (Lipinski definition) is 6. The van der Waals surface area contributed by atoms with E-state index in [1.54, 1.807) is 13.8 Å². The highest BCUT2D eigenvalue weighted by atomic mass is 16.7. The second-order valence-corrected chi connectivity index (χ2v) is 5.77. The van der Waals surface area contributed by atoms with Crippen molar-refractivity contribution in [1.29, 1.82) is 0 Å². The molecule has 0 aromatic rings. The minimum atomic E-state index is -1.74. The molecule has 0 aliphatic carbocycles. The zero-order chi connectivity index (χ0) is 17.7. The molecule has 0 aromatic heterocycles. The molecule has 0 radical (unpaired) electrons. The first-order chi connectivity index (χ1) is 10.7. The molecule has 134 valence electrons. The highest BCUT2D eigenvalue weighted by molar-refractivity contribution is 5.79. The summed E-state index contributed by atoms with van der Waals surface area (Å²) in [6.07, 6.45) is -8.89.